The van der Waals surface area contributed by atoms with Crippen LogP contribution in [0, 0.1) is 52.3 Å². The first-order chi connectivity index (χ1) is 19.4. The van der Waals surface area contributed by atoms with Crippen molar-refractivity contribution in [1.82, 2.24) is 19.8 Å². The fraction of sp³-hybridized carbons (Fsp3) is 0.871. The third-order valence-corrected chi connectivity index (χ3v) is 13.8. The molecule has 5 rings (SSSR count). The summed E-state index contributed by atoms with van der Waals surface area (Å²) in [5.41, 5.74) is 0.351. The molecule has 1 heterocycles. The van der Waals surface area contributed by atoms with Gasteiger partial charge >= 0.3 is 6.03 Å². The van der Waals surface area contributed by atoms with Crippen molar-refractivity contribution in [3.63, 3.8) is 0 Å². The normalized spacial score (nSPS) is 41.1. The standard InChI is InChI=1S/C31H52N4O5S/c1-6-22-26-16-20(36)10-13-31(26,5)25-11-14-30(4)23(8-9-24(30)27(25)28(22)37)19(3)12-15-32-29(38)34-41(39,40)21-17-33-35(7-2)18-21/h17-20,22-28,36-37H,6-16H2,1-5H3,(H2,32,34,38)/t19-,20-,22-,23-,24+,25+,26+,27+,28-,30-,31-/m1/s1. The van der Waals surface area contributed by atoms with Crippen LogP contribution in [-0.2, 0) is 16.6 Å². The number of nitrogens with one attached hydrogen (secondary N) is 2. The molecule has 1 aromatic heterocycles. The van der Waals surface area contributed by atoms with Crippen LogP contribution in [0.2, 0.25) is 0 Å². The predicted octanol–water partition coefficient (Wildman–Crippen LogP) is 4.54. The average Bonchev–Trinajstić information content (AvgIpc) is 3.55. The molecule has 10 heteroatoms. The number of nitrogens with zero attached hydrogens (tertiary/aromatic N) is 2. The first-order valence-electron chi connectivity index (χ1n) is 16.0. The van der Waals surface area contributed by atoms with Crippen LogP contribution in [0.15, 0.2) is 17.3 Å². The molecule has 9 nitrogen and oxygen atoms in total. The van der Waals surface area contributed by atoms with Gasteiger partial charge in [0.15, 0.2) is 0 Å². The van der Waals surface area contributed by atoms with Crippen molar-refractivity contribution in [2.24, 2.45) is 52.3 Å². The van der Waals surface area contributed by atoms with E-state index >= 15 is 0 Å². The van der Waals surface area contributed by atoms with E-state index in [-0.39, 0.29) is 33.9 Å². The number of aliphatic hydroxyl groups excluding tert-OH is 2. The topological polar surface area (TPSA) is 134 Å². The summed E-state index contributed by atoms with van der Waals surface area (Å²) in [4.78, 5) is 12.4. The maximum Gasteiger partial charge on any atom is 0.328 e. The van der Waals surface area contributed by atoms with E-state index < -0.39 is 16.1 Å². The Labute approximate surface area is 246 Å². The summed E-state index contributed by atoms with van der Waals surface area (Å²) in [5.74, 6) is 2.86. The highest BCUT2D eigenvalue weighted by atomic mass is 32.2. The number of rotatable bonds is 8. The Bertz CT molecular complexity index is 1200. The van der Waals surface area contributed by atoms with E-state index in [1.165, 1.54) is 23.5 Å². The summed E-state index contributed by atoms with van der Waals surface area (Å²) < 4.78 is 28.7. The zero-order valence-corrected chi connectivity index (χ0v) is 26.4. The van der Waals surface area contributed by atoms with E-state index in [9.17, 15) is 23.4 Å². The number of carbonyl (C=O) groups is 1. The van der Waals surface area contributed by atoms with Gasteiger partial charge in [0.05, 0.1) is 18.4 Å². The third kappa shape index (κ3) is 5.35. The Hall–Kier alpha value is -1.65. The fourth-order valence-electron chi connectivity index (χ4n) is 10.4. The van der Waals surface area contributed by atoms with Crippen LogP contribution in [0.3, 0.4) is 0 Å². The third-order valence-electron chi connectivity index (χ3n) is 12.5. The smallest absolute Gasteiger partial charge is 0.328 e. The van der Waals surface area contributed by atoms with E-state index in [1.54, 1.807) is 0 Å². The molecule has 232 valence electrons. The van der Waals surface area contributed by atoms with Crippen molar-refractivity contribution in [3.05, 3.63) is 12.4 Å². The van der Waals surface area contributed by atoms with Gasteiger partial charge in [-0.05, 0) is 111 Å². The Balaban J connectivity index is 1.21. The molecule has 2 amide bonds. The highest BCUT2D eigenvalue weighted by Crippen LogP contribution is 2.69. The van der Waals surface area contributed by atoms with Gasteiger partial charge in [0, 0.05) is 19.3 Å². The number of urea groups is 1. The molecule has 41 heavy (non-hydrogen) atoms. The summed E-state index contributed by atoms with van der Waals surface area (Å²) in [6.07, 6.45) is 11.2. The lowest BCUT2D eigenvalue weighted by Crippen LogP contribution is -2.62. The zero-order valence-electron chi connectivity index (χ0n) is 25.6. The van der Waals surface area contributed by atoms with Crippen LogP contribution in [0.1, 0.15) is 92.4 Å². The number of fused-ring (bicyclic) bond motifs is 5. The Kier molecular flexibility index (Phi) is 8.60. The van der Waals surface area contributed by atoms with E-state index in [2.05, 4.69) is 42.8 Å². The maximum absolute atomic E-state index is 12.5. The molecule has 1 aromatic rings. The summed E-state index contributed by atoms with van der Waals surface area (Å²) in [6.45, 7) is 12.2. The molecule has 0 radical (unpaired) electrons. The van der Waals surface area contributed by atoms with Crippen LogP contribution < -0.4 is 10.0 Å². The molecule has 4 aliphatic carbocycles. The minimum atomic E-state index is -3.96. The van der Waals surface area contributed by atoms with Crippen molar-refractivity contribution in [3.8, 4) is 0 Å². The van der Waals surface area contributed by atoms with Gasteiger partial charge in [0.1, 0.15) is 4.90 Å². The second-order valence-corrected chi connectivity index (χ2v) is 16.0. The Morgan fingerprint density at radius 3 is 2.49 bits per heavy atom. The number of hydrogen-bond acceptors (Lipinski definition) is 6. The molecule has 0 saturated heterocycles. The lowest BCUT2D eigenvalue weighted by molar-refractivity contribution is -0.203. The van der Waals surface area contributed by atoms with Gasteiger partial charge in [-0.3, -0.25) is 4.68 Å². The summed E-state index contributed by atoms with van der Waals surface area (Å²) in [7, 11) is -3.96. The quantitative estimate of drug-likeness (QED) is 0.350. The fourth-order valence-corrected chi connectivity index (χ4v) is 11.3. The average molecular weight is 593 g/mol. The molecule has 4 aliphatic rings. The monoisotopic (exact) mass is 592 g/mol. The van der Waals surface area contributed by atoms with Crippen molar-refractivity contribution < 1.29 is 23.4 Å². The van der Waals surface area contributed by atoms with Crippen molar-refractivity contribution in [2.75, 3.05) is 6.54 Å². The van der Waals surface area contributed by atoms with Gasteiger partial charge < -0.3 is 15.5 Å². The number of aromatic nitrogens is 2. The van der Waals surface area contributed by atoms with Gasteiger partial charge in [0.2, 0.25) is 0 Å². The van der Waals surface area contributed by atoms with E-state index in [0.29, 0.717) is 48.6 Å². The van der Waals surface area contributed by atoms with Gasteiger partial charge in [-0.15, -0.1) is 0 Å². The Morgan fingerprint density at radius 2 is 1.80 bits per heavy atom. The zero-order chi connectivity index (χ0) is 29.7. The number of aliphatic hydroxyl groups is 2. The molecule has 4 N–H and O–H groups in total. The predicted molar refractivity (Wildman–Crippen MR) is 157 cm³/mol. The van der Waals surface area contributed by atoms with Gasteiger partial charge in [-0.1, -0.05) is 34.1 Å². The van der Waals surface area contributed by atoms with Gasteiger partial charge in [0.25, 0.3) is 10.0 Å². The van der Waals surface area contributed by atoms with E-state index in [0.717, 1.165) is 51.4 Å². The molecule has 0 bridgehead atoms. The van der Waals surface area contributed by atoms with Crippen molar-refractivity contribution in [1.29, 1.82) is 0 Å². The maximum atomic E-state index is 12.5. The number of hydrogen-bond donors (Lipinski definition) is 4. The van der Waals surface area contributed by atoms with Crippen molar-refractivity contribution in [2.45, 2.75) is 116 Å². The molecular weight excluding hydrogens is 540 g/mol. The van der Waals surface area contributed by atoms with E-state index in [4.69, 9.17) is 0 Å². The molecule has 0 spiro atoms. The van der Waals surface area contributed by atoms with Gasteiger partial charge in [-0.2, -0.15) is 5.10 Å². The summed E-state index contributed by atoms with van der Waals surface area (Å²) in [5, 5.41) is 29.2. The largest absolute Gasteiger partial charge is 0.393 e. The number of amides is 2. The molecule has 0 aliphatic heterocycles. The van der Waals surface area contributed by atoms with Crippen LogP contribution >= 0.6 is 0 Å². The molecule has 0 aromatic carbocycles. The molecular formula is C31H52N4O5S. The van der Waals surface area contributed by atoms with Crippen LogP contribution in [0.25, 0.3) is 0 Å². The number of carbonyl (C=O) groups excluding carboxylic acids is 1. The van der Waals surface area contributed by atoms with Crippen LogP contribution in [-0.4, -0.2) is 53.2 Å². The highest BCUT2D eigenvalue weighted by Gasteiger charge is 2.64. The SMILES string of the molecule is CC[C@H]1[C@@H](O)[C@@H]2[C@H](CC[C@]3(C)[C@@H]([C@H](C)CCNC(=O)NS(=O)(=O)c4cnn(CC)c4)CC[C@@H]23)[C@@]2(C)CC[C@@H](O)C[C@@H]12. The first-order valence-corrected chi connectivity index (χ1v) is 17.5. The molecule has 4 saturated carbocycles. The Morgan fingerprint density at radius 1 is 1.10 bits per heavy atom. The molecule has 0 unspecified atom stereocenters. The van der Waals surface area contributed by atoms with Crippen molar-refractivity contribution >= 4 is 16.1 Å². The summed E-state index contributed by atoms with van der Waals surface area (Å²) in [6, 6.07) is -0.714. The minimum absolute atomic E-state index is 0.0248. The highest BCUT2D eigenvalue weighted by molar-refractivity contribution is 7.90. The summed E-state index contributed by atoms with van der Waals surface area (Å²) >= 11 is 0. The minimum Gasteiger partial charge on any atom is -0.393 e. The van der Waals surface area contributed by atoms with Crippen LogP contribution in [0.5, 0.6) is 0 Å². The lowest BCUT2D eigenvalue weighted by Gasteiger charge is -2.64. The molecule has 4 fully saturated rings. The lowest BCUT2D eigenvalue weighted by atomic mass is 9.41. The number of sulfonamides is 1. The van der Waals surface area contributed by atoms with Gasteiger partial charge in [-0.25, -0.2) is 17.9 Å². The van der Waals surface area contributed by atoms with E-state index in [1.807, 2.05) is 6.92 Å². The second-order valence-electron chi connectivity index (χ2n) is 14.3. The number of aryl methyl sites for hydroxylation is 1. The van der Waals surface area contributed by atoms with Crippen LogP contribution in [0.4, 0.5) is 4.79 Å². The molecule has 11 atom stereocenters. The first kappa shape index (κ1) is 30.8. The second kappa shape index (κ2) is 11.5.